The SMILES string of the molecule is Cc1nc2c(c(=O)n1CCC(C)C)c1nc3ccccc3nc1n2Cc1ccco1. The summed E-state index contributed by atoms with van der Waals surface area (Å²) in [6.45, 7) is 7.25. The Morgan fingerprint density at radius 2 is 1.73 bits per heavy atom. The van der Waals surface area contributed by atoms with Crippen molar-refractivity contribution in [2.75, 3.05) is 0 Å². The number of benzene rings is 1. The number of aromatic nitrogens is 5. The van der Waals surface area contributed by atoms with Crippen LogP contribution >= 0.6 is 0 Å². The molecular weight excluding hydrogens is 378 g/mol. The molecule has 7 heteroatoms. The molecular formula is C23H23N5O2. The van der Waals surface area contributed by atoms with Crippen LogP contribution in [0.25, 0.3) is 33.2 Å². The fourth-order valence-corrected chi connectivity index (χ4v) is 3.86. The Morgan fingerprint density at radius 1 is 0.967 bits per heavy atom. The average molecular weight is 401 g/mol. The molecule has 0 unspecified atom stereocenters. The van der Waals surface area contributed by atoms with Gasteiger partial charge in [-0.05, 0) is 43.5 Å². The first kappa shape index (κ1) is 18.5. The van der Waals surface area contributed by atoms with Crippen LogP contribution in [-0.2, 0) is 13.1 Å². The highest BCUT2D eigenvalue weighted by Gasteiger charge is 2.21. The molecule has 0 atom stereocenters. The summed E-state index contributed by atoms with van der Waals surface area (Å²) in [5.74, 6) is 1.96. The minimum atomic E-state index is -0.0640. The number of aryl methyl sites for hydroxylation is 1. The molecule has 1 aromatic carbocycles. The first-order valence-corrected chi connectivity index (χ1v) is 10.2. The van der Waals surface area contributed by atoms with Crippen molar-refractivity contribution in [2.45, 2.75) is 40.3 Å². The highest BCUT2D eigenvalue weighted by Crippen LogP contribution is 2.26. The number of rotatable bonds is 5. The van der Waals surface area contributed by atoms with Crippen LogP contribution in [0.3, 0.4) is 0 Å². The Kier molecular flexibility index (Phi) is 4.38. The molecule has 7 nitrogen and oxygen atoms in total. The molecule has 0 fully saturated rings. The first-order chi connectivity index (χ1) is 14.5. The third-order valence-electron chi connectivity index (χ3n) is 5.47. The van der Waals surface area contributed by atoms with Crippen LogP contribution in [0, 0.1) is 12.8 Å². The largest absolute Gasteiger partial charge is 0.467 e. The summed E-state index contributed by atoms with van der Waals surface area (Å²) < 4.78 is 9.26. The predicted octanol–water partition coefficient (Wildman–Crippen LogP) is 4.29. The summed E-state index contributed by atoms with van der Waals surface area (Å²) in [5, 5.41) is 0.518. The van der Waals surface area contributed by atoms with Crippen LogP contribution in [-0.4, -0.2) is 24.1 Å². The van der Waals surface area contributed by atoms with Crippen molar-refractivity contribution in [1.82, 2.24) is 24.1 Å². The maximum atomic E-state index is 13.5. The van der Waals surface area contributed by atoms with E-state index in [0.29, 0.717) is 47.0 Å². The Morgan fingerprint density at radius 3 is 2.43 bits per heavy atom. The molecule has 5 rings (SSSR count). The van der Waals surface area contributed by atoms with Crippen molar-refractivity contribution < 1.29 is 4.42 Å². The lowest BCUT2D eigenvalue weighted by atomic mass is 10.1. The molecule has 0 aliphatic rings. The lowest BCUT2D eigenvalue weighted by molar-refractivity contribution is 0.494. The zero-order chi connectivity index (χ0) is 20.8. The Hall–Kier alpha value is -3.48. The van der Waals surface area contributed by atoms with E-state index < -0.39 is 0 Å². The van der Waals surface area contributed by atoms with Crippen molar-refractivity contribution in [3.8, 4) is 0 Å². The van der Waals surface area contributed by atoms with Crippen LogP contribution in [0.1, 0.15) is 31.9 Å². The lowest BCUT2D eigenvalue weighted by Crippen LogP contribution is -2.25. The van der Waals surface area contributed by atoms with E-state index in [-0.39, 0.29) is 5.56 Å². The normalized spacial score (nSPS) is 12.0. The van der Waals surface area contributed by atoms with E-state index in [0.717, 1.165) is 23.2 Å². The van der Waals surface area contributed by atoms with Gasteiger partial charge in [-0.15, -0.1) is 0 Å². The van der Waals surface area contributed by atoms with Gasteiger partial charge in [0.2, 0.25) is 0 Å². The summed E-state index contributed by atoms with van der Waals surface area (Å²) in [6, 6.07) is 11.5. The van der Waals surface area contributed by atoms with Crippen molar-refractivity contribution in [2.24, 2.45) is 5.92 Å². The molecule has 0 aliphatic carbocycles. The minimum Gasteiger partial charge on any atom is -0.467 e. The molecule has 30 heavy (non-hydrogen) atoms. The van der Waals surface area contributed by atoms with E-state index in [2.05, 4.69) is 13.8 Å². The van der Waals surface area contributed by atoms with E-state index in [1.54, 1.807) is 10.8 Å². The molecule has 0 saturated heterocycles. The molecule has 152 valence electrons. The Bertz CT molecular complexity index is 1430. The number of hydrogen-bond donors (Lipinski definition) is 0. The third kappa shape index (κ3) is 2.98. The summed E-state index contributed by atoms with van der Waals surface area (Å²) in [4.78, 5) is 28.0. The van der Waals surface area contributed by atoms with Gasteiger partial charge < -0.3 is 8.98 Å². The quantitative estimate of drug-likeness (QED) is 0.439. The van der Waals surface area contributed by atoms with Crippen LogP contribution in [0.2, 0.25) is 0 Å². The number of hydrogen-bond acceptors (Lipinski definition) is 5. The second-order valence-corrected chi connectivity index (χ2v) is 8.05. The molecule has 0 bridgehead atoms. The first-order valence-electron chi connectivity index (χ1n) is 10.2. The monoisotopic (exact) mass is 401 g/mol. The molecule has 0 N–H and O–H groups in total. The summed E-state index contributed by atoms with van der Waals surface area (Å²) in [6.07, 6.45) is 2.55. The van der Waals surface area contributed by atoms with Crippen molar-refractivity contribution in [3.05, 3.63) is 64.6 Å². The smallest absolute Gasteiger partial charge is 0.265 e. The van der Waals surface area contributed by atoms with Gasteiger partial charge >= 0.3 is 0 Å². The summed E-state index contributed by atoms with van der Waals surface area (Å²) in [7, 11) is 0. The summed E-state index contributed by atoms with van der Waals surface area (Å²) >= 11 is 0. The fourth-order valence-electron chi connectivity index (χ4n) is 3.86. The standard InChI is InChI=1S/C23H23N5O2/c1-14(2)10-11-27-15(3)24-21-19(23(27)29)20-22(28(21)13-16-7-6-12-30-16)26-18-9-5-4-8-17(18)25-20/h4-9,12,14H,10-11,13H2,1-3H3. The molecule has 0 spiro atoms. The maximum absolute atomic E-state index is 13.5. The van der Waals surface area contributed by atoms with E-state index in [1.165, 1.54) is 0 Å². The minimum absolute atomic E-state index is 0.0640. The number of furan rings is 1. The molecule has 0 radical (unpaired) electrons. The zero-order valence-electron chi connectivity index (χ0n) is 17.3. The van der Waals surface area contributed by atoms with Gasteiger partial charge in [0.15, 0.2) is 11.3 Å². The van der Waals surface area contributed by atoms with Gasteiger partial charge in [0, 0.05) is 6.54 Å². The van der Waals surface area contributed by atoms with Crippen molar-refractivity contribution in [3.63, 3.8) is 0 Å². The van der Waals surface area contributed by atoms with Gasteiger partial charge in [0.05, 0.1) is 23.8 Å². The van der Waals surface area contributed by atoms with Crippen LogP contribution in [0.4, 0.5) is 0 Å². The second-order valence-electron chi connectivity index (χ2n) is 8.05. The van der Waals surface area contributed by atoms with Crippen LogP contribution in [0.15, 0.2) is 51.9 Å². The van der Waals surface area contributed by atoms with Gasteiger partial charge in [0.1, 0.15) is 22.5 Å². The molecule has 0 amide bonds. The Labute approximate surface area is 173 Å². The van der Waals surface area contributed by atoms with E-state index in [4.69, 9.17) is 19.4 Å². The molecule has 0 saturated carbocycles. The van der Waals surface area contributed by atoms with Crippen LogP contribution < -0.4 is 5.56 Å². The van der Waals surface area contributed by atoms with E-state index >= 15 is 0 Å². The lowest BCUT2D eigenvalue weighted by Gasteiger charge is -2.11. The van der Waals surface area contributed by atoms with Gasteiger partial charge in [-0.2, -0.15) is 0 Å². The zero-order valence-corrected chi connectivity index (χ0v) is 17.3. The van der Waals surface area contributed by atoms with Crippen LogP contribution in [0.5, 0.6) is 0 Å². The van der Waals surface area contributed by atoms with E-state index in [1.807, 2.05) is 47.9 Å². The van der Waals surface area contributed by atoms with E-state index in [9.17, 15) is 4.79 Å². The van der Waals surface area contributed by atoms with Crippen molar-refractivity contribution >= 4 is 33.2 Å². The number of fused-ring (bicyclic) bond motifs is 4. The topological polar surface area (TPSA) is 78.7 Å². The molecule has 4 heterocycles. The third-order valence-corrected chi connectivity index (χ3v) is 5.47. The average Bonchev–Trinajstić information content (AvgIpc) is 3.33. The molecule has 4 aromatic heterocycles. The fraction of sp³-hybridized carbons (Fsp3) is 0.304. The maximum Gasteiger partial charge on any atom is 0.265 e. The Balaban J connectivity index is 1.85. The summed E-state index contributed by atoms with van der Waals surface area (Å²) in [5.41, 5.74) is 3.31. The van der Waals surface area contributed by atoms with Gasteiger partial charge in [0.25, 0.3) is 5.56 Å². The highest BCUT2D eigenvalue weighted by molar-refractivity contribution is 6.04. The second kappa shape index (κ2) is 7.09. The molecule has 0 aliphatic heterocycles. The van der Waals surface area contributed by atoms with Gasteiger partial charge in [-0.1, -0.05) is 26.0 Å². The number of nitrogens with zero attached hydrogens (tertiary/aromatic N) is 5. The molecule has 5 aromatic rings. The highest BCUT2D eigenvalue weighted by atomic mass is 16.3. The predicted molar refractivity (Wildman–Crippen MR) is 117 cm³/mol. The van der Waals surface area contributed by atoms with Gasteiger partial charge in [-0.25, -0.2) is 15.0 Å². The van der Waals surface area contributed by atoms with Crippen molar-refractivity contribution in [1.29, 1.82) is 0 Å². The van der Waals surface area contributed by atoms with Gasteiger partial charge in [-0.3, -0.25) is 9.36 Å². The number of para-hydroxylation sites is 2.